The number of nitrogens with zero attached hydrogens (tertiary/aromatic N) is 1. The van der Waals surface area contributed by atoms with E-state index in [9.17, 15) is 4.79 Å². The molecule has 0 saturated carbocycles. The number of carbonyl (C=O) groups is 1. The molecule has 110 valence electrons. The van der Waals surface area contributed by atoms with Crippen LogP contribution in [0.15, 0.2) is 42.6 Å². The predicted molar refractivity (Wildman–Crippen MR) is 82.7 cm³/mol. The first-order valence-corrected chi connectivity index (χ1v) is 6.78. The predicted octanol–water partition coefficient (Wildman–Crippen LogP) is 2.76. The zero-order chi connectivity index (χ0) is 15.1. The Morgan fingerprint density at radius 1 is 1.24 bits per heavy atom. The van der Waals surface area contributed by atoms with Crippen molar-refractivity contribution in [1.29, 1.82) is 0 Å². The molecule has 21 heavy (non-hydrogen) atoms. The molecule has 0 aliphatic heterocycles. The van der Waals surface area contributed by atoms with Crippen molar-refractivity contribution in [2.75, 3.05) is 19.0 Å². The minimum atomic E-state index is -0.249. The summed E-state index contributed by atoms with van der Waals surface area (Å²) in [4.78, 5) is 15.8. The van der Waals surface area contributed by atoms with Gasteiger partial charge in [0.2, 0.25) is 0 Å². The van der Waals surface area contributed by atoms with E-state index >= 15 is 0 Å². The number of aromatic nitrogens is 1. The highest BCUT2D eigenvalue weighted by Gasteiger charge is 2.02. The molecule has 0 fully saturated rings. The Hall–Kier alpha value is -2.56. The highest BCUT2D eigenvalue weighted by Crippen LogP contribution is 2.11. The van der Waals surface area contributed by atoms with Crippen LogP contribution in [0.5, 0.6) is 5.75 Å². The Labute approximate surface area is 124 Å². The molecule has 2 amide bonds. The molecule has 0 aliphatic carbocycles. The SMILES string of the molecule is COc1ccc(CCNC(=O)Nc2cc(C)ccn2)cc1. The molecular weight excluding hydrogens is 266 g/mol. The van der Waals surface area contributed by atoms with Crippen LogP contribution in [-0.4, -0.2) is 24.7 Å². The molecule has 0 aliphatic rings. The summed E-state index contributed by atoms with van der Waals surface area (Å²) in [7, 11) is 1.64. The van der Waals surface area contributed by atoms with Gasteiger partial charge in [0, 0.05) is 12.7 Å². The maximum atomic E-state index is 11.7. The van der Waals surface area contributed by atoms with Crippen molar-refractivity contribution in [2.45, 2.75) is 13.3 Å². The van der Waals surface area contributed by atoms with E-state index in [1.54, 1.807) is 13.3 Å². The van der Waals surface area contributed by atoms with Gasteiger partial charge in [-0.05, 0) is 48.7 Å². The smallest absolute Gasteiger partial charge is 0.320 e. The molecule has 5 heteroatoms. The molecule has 1 aromatic carbocycles. The number of nitrogens with one attached hydrogen (secondary N) is 2. The minimum absolute atomic E-state index is 0.249. The summed E-state index contributed by atoms with van der Waals surface area (Å²) in [6.45, 7) is 2.51. The number of hydrogen-bond acceptors (Lipinski definition) is 3. The summed E-state index contributed by atoms with van der Waals surface area (Å²) < 4.78 is 5.10. The van der Waals surface area contributed by atoms with E-state index < -0.39 is 0 Å². The minimum Gasteiger partial charge on any atom is -0.497 e. The number of pyridine rings is 1. The number of benzene rings is 1. The molecule has 0 unspecified atom stereocenters. The van der Waals surface area contributed by atoms with E-state index in [2.05, 4.69) is 15.6 Å². The maximum absolute atomic E-state index is 11.7. The van der Waals surface area contributed by atoms with E-state index in [4.69, 9.17) is 4.74 Å². The molecule has 1 aromatic heterocycles. The van der Waals surface area contributed by atoms with Crippen molar-refractivity contribution in [1.82, 2.24) is 10.3 Å². The fourth-order valence-electron chi connectivity index (χ4n) is 1.88. The van der Waals surface area contributed by atoms with Gasteiger partial charge in [-0.2, -0.15) is 0 Å². The van der Waals surface area contributed by atoms with Crippen molar-refractivity contribution < 1.29 is 9.53 Å². The Kier molecular flexibility index (Phi) is 5.15. The highest BCUT2D eigenvalue weighted by atomic mass is 16.5. The van der Waals surface area contributed by atoms with Crippen LogP contribution in [0, 0.1) is 6.92 Å². The first kappa shape index (κ1) is 14.8. The van der Waals surface area contributed by atoms with Crippen molar-refractivity contribution in [3.8, 4) is 5.75 Å². The van der Waals surface area contributed by atoms with Gasteiger partial charge < -0.3 is 10.1 Å². The third-order valence-corrected chi connectivity index (χ3v) is 3.02. The summed E-state index contributed by atoms with van der Waals surface area (Å²) >= 11 is 0. The summed E-state index contributed by atoms with van der Waals surface area (Å²) in [6.07, 6.45) is 2.43. The topological polar surface area (TPSA) is 63.2 Å². The molecular formula is C16H19N3O2. The zero-order valence-electron chi connectivity index (χ0n) is 12.2. The Balaban J connectivity index is 1.76. The number of rotatable bonds is 5. The number of hydrogen-bond donors (Lipinski definition) is 2. The lowest BCUT2D eigenvalue weighted by molar-refractivity contribution is 0.252. The Bertz CT molecular complexity index is 597. The second-order valence-corrected chi connectivity index (χ2v) is 4.70. The van der Waals surface area contributed by atoms with E-state index in [0.717, 1.165) is 23.3 Å². The number of anilines is 1. The van der Waals surface area contributed by atoms with Crippen LogP contribution in [0.1, 0.15) is 11.1 Å². The molecule has 2 aromatic rings. The van der Waals surface area contributed by atoms with Crippen LogP contribution >= 0.6 is 0 Å². The Morgan fingerprint density at radius 3 is 2.67 bits per heavy atom. The summed E-state index contributed by atoms with van der Waals surface area (Å²) in [5.41, 5.74) is 2.20. The fourth-order valence-corrected chi connectivity index (χ4v) is 1.88. The van der Waals surface area contributed by atoms with Gasteiger partial charge in [-0.15, -0.1) is 0 Å². The molecule has 0 bridgehead atoms. The highest BCUT2D eigenvalue weighted by molar-refractivity contribution is 5.88. The summed E-state index contributed by atoms with van der Waals surface area (Å²) in [5.74, 6) is 1.38. The van der Waals surface area contributed by atoms with Gasteiger partial charge in [-0.25, -0.2) is 9.78 Å². The van der Waals surface area contributed by atoms with Gasteiger partial charge >= 0.3 is 6.03 Å². The molecule has 0 atom stereocenters. The molecule has 0 saturated heterocycles. The number of carbonyl (C=O) groups excluding carboxylic acids is 1. The number of amides is 2. The average Bonchev–Trinajstić information content (AvgIpc) is 2.48. The second kappa shape index (κ2) is 7.28. The molecule has 2 rings (SSSR count). The zero-order valence-corrected chi connectivity index (χ0v) is 12.2. The summed E-state index contributed by atoms with van der Waals surface area (Å²) in [6, 6.07) is 11.2. The van der Waals surface area contributed by atoms with Crippen molar-refractivity contribution in [3.63, 3.8) is 0 Å². The second-order valence-electron chi connectivity index (χ2n) is 4.70. The number of aryl methyl sites for hydroxylation is 1. The average molecular weight is 285 g/mol. The number of methoxy groups -OCH3 is 1. The van der Waals surface area contributed by atoms with Crippen LogP contribution in [0.3, 0.4) is 0 Å². The van der Waals surface area contributed by atoms with Crippen LogP contribution in [0.25, 0.3) is 0 Å². The maximum Gasteiger partial charge on any atom is 0.320 e. The lowest BCUT2D eigenvalue weighted by Gasteiger charge is -2.08. The van der Waals surface area contributed by atoms with Gasteiger partial charge in [-0.3, -0.25) is 5.32 Å². The van der Waals surface area contributed by atoms with Crippen molar-refractivity contribution >= 4 is 11.8 Å². The molecule has 2 N–H and O–H groups in total. The van der Waals surface area contributed by atoms with Gasteiger partial charge in [0.1, 0.15) is 11.6 Å². The monoisotopic (exact) mass is 285 g/mol. The van der Waals surface area contributed by atoms with Crippen LogP contribution in [0.4, 0.5) is 10.6 Å². The largest absolute Gasteiger partial charge is 0.497 e. The van der Waals surface area contributed by atoms with Gasteiger partial charge in [-0.1, -0.05) is 12.1 Å². The fraction of sp³-hybridized carbons (Fsp3) is 0.250. The Morgan fingerprint density at radius 2 is 2.00 bits per heavy atom. The van der Waals surface area contributed by atoms with E-state index in [-0.39, 0.29) is 6.03 Å². The van der Waals surface area contributed by atoms with Crippen molar-refractivity contribution in [2.24, 2.45) is 0 Å². The normalized spacial score (nSPS) is 10.0. The lowest BCUT2D eigenvalue weighted by atomic mass is 10.1. The first-order chi connectivity index (χ1) is 10.2. The third kappa shape index (κ3) is 4.80. The number of ether oxygens (including phenoxy) is 1. The van der Waals surface area contributed by atoms with E-state index in [0.29, 0.717) is 12.4 Å². The van der Waals surface area contributed by atoms with Gasteiger partial charge in [0.15, 0.2) is 0 Å². The molecule has 0 spiro atoms. The van der Waals surface area contributed by atoms with Crippen LogP contribution in [0.2, 0.25) is 0 Å². The van der Waals surface area contributed by atoms with Crippen LogP contribution < -0.4 is 15.4 Å². The van der Waals surface area contributed by atoms with E-state index in [1.165, 1.54) is 0 Å². The quantitative estimate of drug-likeness (QED) is 0.888. The van der Waals surface area contributed by atoms with Gasteiger partial charge in [0.05, 0.1) is 7.11 Å². The molecule has 1 heterocycles. The first-order valence-electron chi connectivity index (χ1n) is 6.78. The molecule has 0 radical (unpaired) electrons. The van der Waals surface area contributed by atoms with E-state index in [1.807, 2.05) is 43.3 Å². The lowest BCUT2D eigenvalue weighted by Crippen LogP contribution is -2.30. The standard InChI is InChI=1S/C16H19N3O2/c1-12-7-9-17-15(11-12)19-16(20)18-10-8-13-3-5-14(21-2)6-4-13/h3-7,9,11H,8,10H2,1-2H3,(H2,17,18,19,20). The number of urea groups is 1. The third-order valence-electron chi connectivity index (χ3n) is 3.02. The van der Waals surface area contributed by atoms with Gasteiger partial charge in [0.25, 0.3) is 0 Å². The summed E-state index contributed by atoms with van der Waals surface area (Å²) in [5, 5.41) is 5.51. The van der Waals surface area contributed by atoms with Crippen molar-refractivity contribution in [3.05, 3.63) is 53.7 Å². The molecule has 5 nitrogen and oxygen atoms in total. The van der Waals surface area contributed by atoms with Crippen LogP contribution in [-0.2, 0) is 6.42 Å².